The van der Waals surface area contributed by atoms with Crippen LogP contribution in [0.5, 0.6) is 0 Å². The van der Waals surface area contributed by atoms with Gasteiger partial charge in [-0.05, 0) is 36.8 Å². The molecule has 11 heteroatoms. The van der Waals surface area contributed by atoms with Gasteiger partial charge < -0.3 is 5.32 Å². The monoisotopic (exact) mass is 456 g/mol. The van der Waals surface area contributed by atoms with Crippen molar-refractivity contribution < 1.29 is 14.4 Å². The van der Waals surface area contributed by atoms with E-state index >= 15 is 0 Å². The van der Waals surface area contributed by atoms with Crippen LogP contribution in [0.25, 0.3) is 10.7 Å². The van der Waals surface area contributed by atoms with Gasteiger partial charge in [0.25, 0.3) is 5.91 Å². The van der Waals surface area contributed by atoms with Crippen LogP contribution in [0.4, 0.5) is 4.79 Å². The number of aryl methyl sites for hydroxylation is 1. The number of benzene rings is 1. The molecule has 0 spiro atoms. The van der Waals surface area contributed by atoms with Crippen LogP contribution in [-0.2, 0) is 16.0 Å². The van der Waals surface area contributed by atoms with Crippen molar-refractivity contribution in [3.05, 3.63) is 53.4 Å². The number of hydrogen-bond donors (Lipinski definition) is 3. The number of carbonyl (C=O) groups excluding carboxylic acids is 3. The average Bonchev–Trinajstić information content (AvgIpc) is 3.50. The molecule has 1 aromatic carbocycles. The minimum Gasteiger partial charge on any atom is -0.322 e. The first kappa shape index (κ1) is 21.1. The maximum absolute atomic E-state index is 12.8. The first-order valence-electron chi connectivity index (χ1n) is 9.54. The smallest absolute Gasteiger partial charge is 0.322 e. The van der Waals surface area contributed by atoms with Crippen LogP contribution in [0, 0.1) is 0 Å². The largest absolute Gasteiger partial charge is 0.344 e. The number of amides is 4. The third-order valence-corrected chi connectivity index (χ3v) is 6.53. The van der Waals surface area contributed by atoms with Crippen LogP contribution in [-0.4, -0.2) is 49.3 Å². The molecule has 1 unspecified atom stereocenters. The Bertz CT molecular complexity index is 1090. The van der Waals surface area contributed by atoms with E-state index < -0.39 is 23.4 Å². The second kappa shape index (κ2) is 8.90. The van der Waals surface area contributed by atoms with Crippen LogP contribution in [0.2, 0.25) is 0 Å². The minimum atomic E-state index is -1.08. The molecule has 1 aliphatic heterocycles. The van der Waals surface area contributed by atoms with Gasteiger partial charge in [0.1, 0.15) is 5.54 Å². The van der Waals surface area contributed by atoms with Crippen molar-refractivity contribution in [3.63, 3.8) is 0 Å². The highest BCUT2D eigenvalue weighted by atomic mass is 32.2. The fourth-order valence-corrected chi connectivity index (χ4v) is 4.37. The van der Waals surface area contributed by atoms with Crippen LogP contribution in [0.15, 0.2) is 53.0 Å². The van der Waals surface area contributed by atoms with Crippen molar-refractivity contribution in [2.45, 2.75) is 30.5 Å². The summed E-state index contributed by atoms with van der Waals surface area (Å²) in [7, 11) is 0. The molecule has 1 atom stereocenters. The van der Waals surface area contributed by atoms with Gasteiger partial charge in [-0.2, -0.15) is 5.01 Å². The highest BCUT2D eigenvalue weighted by Crippen LogP contribution is 2.24. The molecule has 1 saturated heterocycles. The van der Waals surface area contributed by atoms with E-state index in [2.05, 4.69) is 25.9 Å². The highest BCUT2D eigenvalue weighted by molar-refractivity contribution is 7.99. The van der Waals surface area contributed by atoms with E-state index in [1.807, 2.05) is 47.8 Å². The molecule has 9 nitrogen and oxygen atoms in total. The number of aromatic nitrogens is 3. The fourth-order valence-electron chi connectivity index (χ4n) is 3.12. The van der Waals surface area contributed by atoms with E-state index in [4.69, 9.17) is 0 Å². The molecular weight excluding hydrogens is 436 g/mol. The lowest BCUT2D eigenvalue weighted by molar-refractivity contribution is -0.138. The molecule has 0 radical (unpaired) electrons. The molecule has 3 N–H and O–H groups in total. The molecule has 4 amide bonds. The van der Waals surface area contributed by atoms with Gasteiger partial charge in [-0.1, -0.05) is 48.2 Å². The summed E-state index contributed by atoms with van der Waals surface area (Å²) in [4.78, 5) is 42.7. The molecular formula is C20H20N6O3S2. The summed E-state index contributed by atoms with van der Waals surface area (Å²) >= 11 is 2.64. The van der Waals surface area contributed by atoms with Gasteiger partial charge in [-0.15, -0.1) is 16.4 Å². The van der Waals surface area contributed by atoms with Gasteiger partial charge in [0, 0.05) is 0 Å². The summed E-state index contributed by atoms with van der Waals surface area (Å²) in [5, 5.41) is 12.7. The highest BCUT2D eigenvalue weighted by Gasteiger charge is 2.48. The first-order valence-corrected chi connectivity index (χ1v) is 11.4. The van der Waals surface area contributed by atoms with Crippen molar-refractivity contribution >= 4 is 40.9 Å². The summed E-state index contributed by atoms with van der Waals surface area (Å²) in [5.41, 5.74) is 2.38. The lowest BCUT2D eigenvalue weighted by atomic mass is 9.93. The van der Waals surface area contributed by atoms with Crippen molar-refractivity contribution in [2.75, 3.05) is 5.75 Å². The van der Waals surface area contributed by atoms with Crippen molar-refractivity contribution in [2.24, 2.45) is 0 Å². The van der Waals surface area contributed by atoms with E-state index in [1.165, 1.54) is 11.3 Å². The third kappa shape index (κ3) is 4.78. The summed E-state index contributed by atoms with van der Waals surface area (Å²) in [6.07, 6.45) is 1.05. The third-order valence-electron chi connectivity index (χ3n) is 4.81. The summed E-state index contributed by atoms with van der Waals surface area (Å²) in [5.74, 6) is -0.395. The second-order valence-corrected chi connectivity index (χ2v) is 9.05. The van der Waals surface area contributed by atoms with Crippen LogP contribution < -0.4 is 10.7 Å². The molecule has 4 rings (SSSR count). The molecule has 1 aliphatic rings. The Morgan fingerprint density at radius 2 is 2.03 bits per heavy atom. The Labute approximate surface area is 186 Å². The van der Waals surface area contributed by atoms with E-state index in [-0.39, 0.29) is 5.75 Å². The normalized spacial score (nSPS) is 18.3. The van der Waals surface area contributed by atoms with Gasteiger partial charge in [-0.25, -0.2) is 9.78 Å². The quantitative estimate of drug-likeness (QED) is 0.354. The van der Waals surface area contributed by atoms with Gasteiger partial charge in [-0.3, -0.25) is 20.1 Å². The van der Waals surface area contributed by atoms with Gasteiger partial charge in [0.05, 0.1) is 10.6 Å². The number of thioether (sulfide) groups is 1. The van der Waals surface area contributed by atoms with Crippen LogP contribution >= 0.6 is 23.1 Å². The van der Waals surface area contributed by atoms with Crippen molar-refractivity contribution in [1.82, 2.24) is 30.9 Å². The summed E-state index contributed by atoms with van der Waals surface area (Å²) in [6, 6.07) is 12.9. The number of thiophene rings is 1. The molecule has 1 fully saturated rings. The molecule has 0 saturated carbocycles. The standard InChI is InChI=1S/C20H20N6O3S2/c1-20(10-9-13-6-3-2-4-7-13)17(28)26(19(29)22-20)25-15(27)12-31-18-21-16(23-24-18)14-8-5-11-30-14/h2-8,11H,9-10,12H2,1H3,(H,22,29)(H,25,27)(H,21,23,24). The van der Waals surface area contributed by atoms with Gasteiger partial charge in [0.15, 0.2) is 5.82 Å². The number of aromatic amines is 1. The van der Waals surface area contributed by atoms with Crippen molar-refractivity contribution in [3.8, 4) is 10.7 Å². The Kier molecular flexibility index (Phi) is 6.05. The molecule has 3 heterocycles. The number of H-pyrrole nitrogens is 1. The fraction of sp³-hybridized carbons (Fsp3) is 0.250. The number of nitrogens with zero attached hydrogens (tertiary/aromatic N) is 3. The Balaban J connectivity index is 1.30. The molecule has 2 aromatic heterocycles. The van der Waals surface area contributed by atoms with Crippen LogP contribution in [0.3, 0.4) is 0 Å². The Hall–Kier alpha value is -3.18. The lowest BCUT2D eigenvalue weighted by Crippen LogP contribution is -2.49. The number of urea groups is 1. The number of hydrazine groups is 1. The number of hydrogen-bond acceptors (Lipinski definition) is 7. The van der Waals surface area contributed by atoms with Crippen molar-refractivity contribution in [1.29, 1.82) is 0 Å². The molecule has 3 aromatic rings. The van der Waals surface area contributed by atoms with Gasteiger partial charge >= 0.3 is 6.03 Å². The summed E-state index contributed by atoms with van der Waals surface area (Å²) in [6.45, 7) is 1.66. The van der Waals surface area contributed by atoms with E-state index in [0.29, 0.717) is 23.8 Å². The zero-order valence-corrected chi connectivity index (χ0v) is 18.3. The van der Waals surface area contributed by atoms with Gasteiger partial charge in [0.2, 0.25) is 11.1 Å². The Morgan fingerprint density at radius 3 is 2.77 bits per heavy atom. The number of imide groups is 1. The SMILES string of the molecule is CC1(CCc2ccccc2)NC(=O)N(NC(=O)CSc2n[nH]c(-c3cccs3)n2)C1=O. The predicted molar refractivity (Wildman–Crippen MR) is 117 cm³/mol. The lowest BCUT2D eigenvalue weighted by Gasteiger charge is -2.21. The number of carbonyl (C=O) groups is 3. The van der Waals surface area contributed by atoms with E-state index in [9.17, 15) is 14.4 Å². The zero-order chi connectivity index (χ0) is 21.8. The minimum absolute atomic E-state index is 0.0421. The molecule has 31 heavy (non-hydrogen) atoms. The first-order chi connectivity index (χ1) is 14.9. The second-order valence-electron chi connectivity index (χ2n) is 7.16. The maximum atomic E-state index is 12.8. The van der Waals surface area contributed by atoms with Crippen LogP contribution in [0.1, 0.15) is 18.9 Å². The molecule has 160 valence electrons. The number of rotatable bonds is 8. The van der Waals surface area contributed by atoms with E-state index in [1.54, 1.807) is 6.92 Å². The van der Waals surface area contributed by atoms with E-state index in [0.717, 1.165) is 27.2 Å². The topological polar surface area (TPSA) is 120 Å². The maximum Gasteiger partial charge on any atom is 0.344 e. The molecule has 0 bridgehead atoms. The number of nitrogens with one attached hydrogen (secondary N) is 3. The Morgan fingerprint density at radius 1 is 1.23 bits per heavy atom. The zero-order valence-electron chi connectivity index (χ0n) is 16.6. The predicted octanol–water partition coefficient (Wildman–Crippen LogP) is 2.60. The molecule has 0 aliphatic carbocycles. The average molecular weight is 457 g/mol. The summed E-state index contributed by atoms with van der Waals surface area (Å²) < 4.78 is 0.